The summed E-state index contributed by atoms with van der Waals surface area (Å²) in [5.41, 5.74) is 3.60. The van der Waals surface area contributed by atoms with Crippen LogP contribution in [0.25, 0.3) is 11.3 Å². The fourth-order valence-electron chi connectivity index (χ4n) is 1.91. The first kappa shape index (κ1) is 13.3. The summed E-state index contributed by atoms with van der Waals surface area (Å²) in [5.74, 6) is 0. The van der Waals surface area contributed by atoms with Gasteiger partial charge in [-0.2, -0.15) is 10.4 Å². The Hall–Kier alpha value is -2.16. The number of nitrogens with one attached hydrogen (secondary N) is 1. The summed E-state index contributed by atoms with van der Waals surface area (Å²) in [6.07, 6.45) is 1.96. The van der Waals surface area contributed by atoms with Crippen molar-refractivity contribution in [2.45, 2.75) is 6.54 Å². The molecule has 0 saturated carbocycles. The van der Waals surface area contributed by atoms with Crippen molar-refractivity contribution in [1.82, 2.24) is 15.1 Å². The molecule has 0 aliphatic rings. The molecule has 5 heteroatoms. The van der Waals surface area contributed by atoms with Crippen molar-refractivity contribution < 1.29 is 5.11 Å². The predicted molar refractivity (Wildman–Crippen MR) is 72.2 cm³/mol. The lowest BCUT2D eigenvalue weighted by Crippen LogP contribution is -2.17. The van der Waals surface area contributed by atoms with Gasteiger partial charge in [0.15, 0.2) is 0 Å². The summed E-state index contributed by atoms with van der Waals surface area (Å²) >= 11 is 0. The van der Waals surface area contributed by atoms with Crippen molar-refractivity contribution in [3.05, 3.63) is 41.6 Å². The van der Waals surface area contributed by atoms with Crippen LogP contribution in [0.5, 0.6) is 0 Å². The average molecular weight is 256 g/mol. The summed E-state index contributed by atoms with van der Waals surface area (Å²) in [6.45, 7) is 1.33. The molecule has 0 spiro atoms. The molecule has 0 bridgehead atoms. The van der Waals surface area contributed by atoms with E-state index < -0.39 is 0 Å². The number of aromatic nitrogens is 2. The molecular weight excluding hydrogens is 240 g/mol. The first-order valence-corrected chi connectivity index (χ1v) is 6.09. The Morgan fingerprint density at radius 3 is 2.74 bits per heavy atom. The molecule has 19 heavy (non-hydrogen) atoms. The first-order valence-electron chi connectivity index (χ1n) is 6.09. The molecule has 0 saturated heterocycles. The number of aliphatic hydroxyl groups excluding tert-OH is 1. The lowest BCUT2D eigenvalue weighted by atomic mass is 10.1. The Morgan fingerprint density at radius 2 is 2.11 bits per heavy atom. The lowest BCUT2D eigenvalue weighted by molar-refractivity contribution is 0.292. The minimum absolute atomic E-state index is 0.118. The molecule has 0 radical (unpaired) electrons. The third-order valence-corrected chi connectivity index (χ3v) is 2.80. The SMILES string of the molecule is Cn1cc(CNCCO)c(-c2ccc(C#N)cc2)n1. The van der Waals surface area contributed by atoms with E-state index in [1.807, 2.05) is 25.4 Å². The van der Waals surface area contributed by atoms with Gasteiger partial charge in [-0.1, -0.05) is 12.1 Å². The molecule has 1 heterocycles. The highest BCUT2D eigenvalue weighted by molar-refractivity contribution is 5.63. The second-order valence-corrected chi connectivity index (χ2v) is 4.27. The van der Waals surface area contributed by atoms with Crippen molar-refractivity contribution in [1.29, 1.82) is 5.26 Å². The van der Waals surface area contributed by atoms with Crippen LogP contribution in [0, 0.1) is 11.3 Å². The van der Waals surface area contributed by atoms with E-state index >= 15 is 0 Å². The van der Waals surface area contributed by atoms with Crippen LogP contribution < -0.4 is 5.32 Å². The van der Waals surface area contributed by atoms with Crippen LogP contribution in [0.15, 0.2) is 30.5 Å². The lowest BCUT2D eigenvalue weighted by Gasteiger charge is -2.03. The minimum Gasteiger partial charge on any atom is -0.395 e. The second-order valence-electron chi connectivity index (χ2n) is 4.27. The third kappa shape index (κ3) is 3.19. The van der Waals surface area contributed by atoms with Gasteiger partial charge in [-0.15, -0.1) is 0 Å². The van der Waals surface area contributed by atoms with Gasteiger partial charge in [-0.25, -0.2) is 0 Å². The normalized spacial score (nSPS) is 10.4. The summed E-state index contributed by atoms with van der Waals surface area (Å²) in [4.78, 5) is 0. The third-order valence-electron chi connectivity index (χ3n) is 2.80. The highest BCUT2D eigenvalue weighted by Gasteiger charge is 2.09. The van der Waals surface area contributed by atoms with Crippen molar-refractivity contribution in [2.75, 3.05) is 13.2 Å². The van der Waals surface area contributed by atoms with Crippen molar-refractivity contribution in [3.8, 4) is 17.3 Å². The zero-order chi connectivity index (χ0) is 13.7. The molecule has 0 fully saturated rings. The molecule has 0 aliphatic heterocycles. The van der Waals surface area contributed by atoms with Crippen LogP contribution in [0.4, 0.5) is 0 Å². The Labute approximate surface area is 112 Å². The summed E-state index contributed by atoms with van der Waals surface area (Å²) in [7, 11) is 1.88. The number of rotatable bonds is 5. The van der Waals surface area contributed by atoms with Crippen molar-refractivity contribution in [3.63, 3.8) is 0 Å². The molecule has 0 amide bonds. The molecule has 1 aromatic heterocycles. The van der Waals surface area contributed by atoms with Gasteiger partial charge < -0.3 is 10.4 Å². The van der Waals surface area contributed by atoms with E-state index in [0.29, 0.717) is 18.7 Å². The molecule has 2 rings (SSSR count). The molecule has 1 aromatic carbocycles. The number of hydrogen-bond donors (Lipinski definition) is 2. The Balaban J connectivity index is 2.25. The topological polar surface area (TPSA) is 73.9 Å². The summed E-state index contributed by atoms with van der Waals surface area (Å²) in [5, 5.41) is 25.2. The van der Waals surface area contributed by atoms with E-state index in [-0.39, 0.29) is 6.61 Å². The van der Waals surface area contributed by atoms with E-state index in [4.69, 9.17) is 10.4 Å². The maximum atomic E-state index is 8.80. The predicted octanol–water partition coefficient (Wildman–Crippen LogP) is 1.04. The number of hydrogen-bond acceptors (Lipinski definition) is 4. The molecule has 98 valence electrons. The van der Waals surface area contributed by atoms with Crippen molar-refractivity contribution in [2.24, 2.45) is 7.05 Å². The van der Waals surface area contributed by atoms with Crippen LogP contribution >= 0.6 is 0 Å². The quantitative estimate of drug-likeness (QED) is 0.784. The van der Waals surface area contributed by atoms with Gasteiger partial charge in [0.25, 0.3) is 0 Å². The van der Waals surface area contributed by atoms with E-state index in [1.165, 1.54) is 0 Å². The Kier molecular flexibility index (Phi) is 4.29. The van der Waals surface area contributed by atoms with E-state index in [2.05, 4.69) is 16.5 Å². The minimum atomic E-state index is 0.118. The largest absolute Gasteiger partial charge is 0.395 e. The highest BCUT2D eigenvalue weighted by atomic mass is 16.3. The number of nitrogens with zero attached hydrogens (tertiary/aromatic N) is 3. The fraction of sp³-hybridized carbons (Fsp3) is 0.286. The van der Waals surface area contributed by atoms with Gasteiger partial charge in [0.05, 0.1) is 23.9 Å². The average Bonchev–Trinajstić information content (AvgIpc) is 2.80. The monoisotopic (exact) mass is 256 g/mol. The van der Waals surface area contributed by atoms with Crippen LogP contribution in [0.3, 0.4) is 0 Å². The number of aryl methyl sites for hydroxylation is 1. The van der Waals surface area contributed by atoms with Gasteiger partial charge in [-0.3, -0.25) is 4.68 Å². The van der Waals surface area contributed by atoms with Gasteiger partial charge >= 0.3 is 0 Å². The molecule has 0 aliphatic carbocycles. The van der Waals surface area contributed by atoms with Crippen LogP contribution in [0.2, 0.25) is 0 Å². The van der Waals surface area contributed by atoms with Gasteiger partial charge in [0.2, 0.25) is 0 Å². The number of aliphatic hydroxyl groups is 1. The van der Waals surface area contributed by atoms with Crippen LogP contribution in [-0.4, -0.2) is 28.0 Å². The van der Waals surface area contributed by atoms with E-state index in [9.17, 15) is 0 Å². The Bertz CT molecular complexity index is 580. The van der Waals surface area contributed by atoms with E-state index in [0.717, 1.165) is 16.8 Å². The molecular formula is C14H16N4O. The molecule has 2 N–H and O–H groups in total. The van der Waals surface area contributed by atoms with Gasteiger partial charge in [0, 0.05) is 37.5 Å². The Morgan fingerprint density at radius 1 is 1.37 bits per heavy atom. The van der Waals surface area contributed by atoms with Crippen LogP contribution in [0.1, 0.15) is 11.1 Å². The number of nitriles is 1. The number of benzene rings is 1. The first-order chi connectivity index (χ1) is 9.24. The maximum absolute atomic E-state index is 8.80. The highest BCUT2D eigenvalue weighted by Crippen LogP contribution is 2.22. The fourth-order valence-corrected chi connectivity index (χ4v) is 1.91. The van der Waals surface area contributed by atoms with Gasteiger partial charge in [0.1, 0.15) is 0 Å². The molecule has 2 aromatic rings. The zero-order valence-corrected chi connectivity index (χ0v) is 10.8. The molecule has 0 atom stereocenters. The molecule has 5 nitrogen and oxygen atoms in total. The second kappa shape index (κ2) is 6.14. The summed E-state index contributed by atoms with van der Waals surface area (Å²) < 4.78 is 1.77. The smallest absolute Gasteiger partial charge is 0.0991 e. The summed E-state index contributed by atoms with van der Waals surface area (Å²) in [6, 6.07) is 9.47. The van der Waals surface area contributed by atoms with Gasteiger partial charge in [-0.05, 0) is 12.1 Å². The van der Waals surface area contributed by atoms with E-state index in [1.54, 1.807) is 16.8 Å². The standard InChI is InChI=1S/C14H16N4O/c1-18-10-13(9-16-6-7-19)14(17-18)12-4-2-11(8-15)3-5-12/h2-5,10,16,19H,6-7,9H2,1H3. The van der Waals surface area contributed by atoms with Crippen molar-refractivity contribution >= 4 is 0 Å². The molecule has 0 unspecified atom stereocenters. The zero-order valence-electron chi connectivity index (χ0n) is 10.8. The maximum Gasteiger partial charge on any atom is 0.0991 e. The van der Waals surface area contributed by atoms with Crippen LogP contribution in [-0.2, 0) is 13.6 Å².